The van der Waals surface area contributed by atoms with Gasteiger partial charge in [-0.25, -0.2) is 0 Å². The number of hydrogen-bond donors (Lipinski definition) is 1. The summed E-state index contributed by atoms with van der Waals surface area (Å²) in [6.45, 7) is 4.20. The Morgan fingerprint density at radius 3 is 1.90 bits per heavy atom. The predicted molar refractivity (Wildman–Crippen MR) is 83.9 cm³/mol. The minimum Gasteiger partial charge on any atom is -0.342 e. The lowest BCUT2D eigenvalue weighted by atomic mass is 9.49. The van der Waals surface area contributed by atoms with Crippen LogP contribution < -0.4 is 5.32 Å². The summed E-state index contributed by atoms with van der Waals surface area (Å²) < 4.78 is 0. The second-order valence-corrected chi connectivity index (χ2v) is 8.80. The lowest BCUT2D eigenvalue weighted by Crippen LogP contribution is -2.58. The number of nitrogens with zero attached hydrogens (tertiary/aromatic N) is 1. The molecular weight excluding hydrogens is 260 g/mol. The van der Waals surface area contributed by atoms with Crippen molar-refractivity contribution in [1.29, 1.82) is 0 Å². The van der Waals surface area contributed by atoms with Gasteiger partial charge in [0.1, 0.15) is 0 Å². The van der Waals surface area contributed by atoms with Crippen LogP contribution in [-0.2, 0) is 4.79 Å². The summed E-state index contributed by atoms with van der Waals surface area (Å²) in [5.41, 5.74) is 0.292. The first-order valence-electron chi connectivity index (χ1n) is 9.00. The molecule has 3 heteroatoms. The fraction of sp³-hybridized carbons (Fsp3) is 0.944. The zero-order chi connectivity index (χ0) is 14.7. The molecule has 1 aliphatic heterocycles. The van der Waals surface area contributed by atoms with Crippen LogP contribution in [0.2, 0.25) is 0 Å². The largest absolute Gasteiger partial charge is 0.342 e. The van der Waals surface area contributed by atoms with Crippen molar-refractivity contribution >= 4 is 5.91 Å². The van der Waals surface area contributed by atoms with E-state index in [0.29, 0.717) is 5.91 Å². The van der Waals surface area contributed by atoms with Crippen LogP contribution in [0.4, 0.5) is 0 Å². The van der Waals surface area contributed by atoms with E-state index in [1.165, 1.54) is 38.5 Å². The van der Waals surface area contributed by atoms with Gasteiger partial charge in [-0.2, -0.15) is 0 Å². The fourth-order valence-corrected chi connectivity index (χ4v) is 6.16. The lowest BCUT2D eigenvalue weighted by Gasteiger charge is -2.57. The van der Waals surface area contributed by atoms with Crippen molar-refractivity contribution in [3.8, 4) is 0 Å². The van der Waals surface area contributed by atoms with Gasteiger partial charge >= 0.3 is 0 Å². The van der Waals surface area contributed by atoms with Crippen molar-refractivity contribution in [2.24, 2.45) is 23.2 Å². The minimum atomic E-state index is 0.0577. The standard InChI is InChI=1S/C18H30N2O/c1-17(19-2)3-5-20(6-4-17)16(21)18-10-13-7-14(11-18)9-15(8-13)12-18/h13-15,19H,3-12H2,1-2H3. The zero-order valence-corrected chi connectivity index (χ0v) is 13.7. The SMILES string of the molecule is CNC1(C)CCN(C(=O)C23CC4CC(CC(C4)C2)C3)CC1. The van der Waals surface area contributed by atoms with Gasteiger partial charge in [-0.05, 0) is 83.1 Å². The number of carbonyl (C=O) groups is 1. The van der Waals surface area contributed by atoms with Crippen molar-refractivity contribution in [3.05, 3.63) is 0 Å². The Balaban J connectivity index is 1.48. The predicted octanol–water partition coefficient (Wildman–Crippen LogP) is 2.80. The van der Waals surface area contributed by atoms with Gasteiger partial charge in [0.25, 0.3) is 0 Å². The first-order valence-corrected chi connectivity index (χ1v) is 9.00. The van der Waals surface area contributed by atoms with Gasteiger partial charge in [0.05, 0.1) is 5.41 Å². The van der Waals surface area contributed by atoms with E-state index >= 15 is 0 Å². The molecule has 0 radical (unpaired) electrons. The molecule has 5 aliphatic rings. The quantitative estimate of drug-likeness (QED) is 0.848. The highest BCUT2D eigenvalue weighted by atomic mass is 16.2. The summed E-state index contributed by atoms with van der Waals surface area (Å²) in [6.07, 6.45) is 10.1. The smallest absolute Gasteiger partial charge is 0.228 e. The molecule has 5 rings (SSSR count). The van der Waals surface area contributed by atoms with Gasteiger partial charge < -0.3 is 10.2 Å². The van der Waals surface area contributed by atoms with Crippen LogP contribution in [0.1, 0.15) is 58.3 Å². The van der Waals surface area contributed by atoms with Crippen LogP contribution in [0.3, 0.4) is 0 Å². The van der Waals surface area contributed by atoms with E-state index in [-0.39, 0.29) is 11.0 Å². The van der Waals surface area contributed by atoms with Gasteiger partial charge in [-0.1, -0.05) is 0 Å². The third-order valence-corrected chi connectivity index (χ3v) is 7.25. The van der Waals surface area contributed by atoms with Crippen LogP contribution in [0.15, 0.2) is 0 Å². The Hall–Kier alpha value is -0.570. The minimum absolute atomic E-state index is 0.0577. The highest BCUT2D eigenvalue weighted by molar-refractivity contribution is 5.83. The number of nitrogens with one attached hydrogen (secondary N) is 1. The molecule has 4 aliphatic carbocycles. The number of hydrogen-bond acceptors (Lipinski definition) is 2. The Bertz CT molecular complexity index is 401. The van der Waals surface area contributed by atoms with Crippen LogP contribution in [0, 0.1) is 23.2 Å². The van der Waals surface area contributed by atoms with Gasteiger partial charge in [-0.15, -0.1) is 0 Å². The molecule has 0 aromatic heterocycles. The van der Waals surface area contributed by atoms with Crippen molar-refractivity contribution in [2.75, 3.05) is 20.1 Å². The summed E-state index contributed by atoms with van der Waals surface area (Å²) in [5, 5.41) is 3.44. The normalized spacial score (nSPS) is 44.1. The monoisotopic (exact) mass is 290 g/mol. The van der Waals surface area contributed by atoms with Crippen molar-refractivity contribution in [1.82, 2.24) is 10.2 Å². The molecule has 0 atom stereocenters. The van der Waals surface area contributed by atoms with Crippen LogP contribution in [0.5, 0.6) is 0 Å². The number of likely N-dealkylation sites (tertiary alicyclic amines) is 1. The Kier molecular flexibility index (Phi) is 3.15. The Morgan fingerprint density at radius 2 is 1.48 bits per heavy atom. The van der Waals surface area contributed by atoms with Crippen molar-refractivity contribution in [3.63, 3.8) is 0 Å². The first-order chi connectivity index (χ1) is 10.0. The lowest BCUT2D eigenvalue weighted by molar-refractivity contribution is -0.159. The van der Waals surface area contributed by atoms with E-state index < -0.39 is 0 Å². The summed E-state index contributed by atoms with van der Waals surface area (Å²) >= 11 is 0. The van der Waals surface area contributed by atoms with Gasteiger partial charge in [0.2, 0.25) is 5.91 Å². The van der Waals surface area contributed by atoms with Gasteiger partial charge in [-0.3, -0.25) is 4.79 Å². The molecule has 1 amide bonds. The topological polar surface area (TPSA) is 32.3 Å². The molecule has 1 saturated heterocycles. The van der Waals surface area contributed by atoms with E-state index in [4.69, 9.17) is 0 Å². The van der Waals surface area contributed by atoms with E-state index in [1.807, 2.05) is 0 Å². The molecule has 0 aromatic rings. The Labute approximate surface area is 128 Å². The average molecular weight is 290 g/mol. The summed E-state index contributed by atoms with van der Waals surface area (Å²) in [7, 11) is 2.05. The van der Waals surface area contributed by atoms with Crippen molar-refractivity contribution in [2.45, 2.75) is 63.8 Å². The van der Waals surface area contributed by atoms with Crippen LogP contribution in [-0.4, -0.2) is 36.5 Å². The van der Waals surface area contributed by atoms with Crippen molar-refractivity contribution < 1.29 is 4.79 Å². The van der Waals surface area contributed by atoms with E-state index in [1.54, 1.807) is 0 Å². The first kappa shape index (κ1) is 14.0. The third kappa shape index (κ3) is 2.23. The summed E-state index contributed by atoms with van der Waals surface area (Å²) in [5.74, 6) is 3.13. The highest BCUT2D eigenvalue weighted by Gasteiger charge is 2.55. The third-order valence-electron chi connectivity index (χ3n) is 7.25. The number of rotatable bonds is 2. The molecule has 0 unspecified atom stereocenters. The molecule has 4 bridgehead atoms. The maximum atomic E-state index is 13.3. The molecule has 4 saturated carbocycles. The fourth-order valence-electron chi connectivity index (χ4n) is 6.16. The zero-order valence-electron chi connectivity index (χ0n) is 13.7. The van der Waals surface area contributed by atoms with E-state index in [0.717, 1.165) is 43.7 Å². The molecular formula is C18H30N2O. The molecule has 0 aromatic carbocycles. The summed E-state index contributed by atoms with van der Waals surface area (Å²) in [4.78, 5) is 15.5. The molecule has 1 N–H and O–H groups in total. The molecule has 1 heterocycles. The molecule has 21 heavy (non-hydrogen) atoms. The maximum absolute atomic E-state index is 13.3. The second kappa shape index (κ2) is 4.71. The molecule has 3 nitrogen and oxygen atoms in total. The highest BCUT2D eigenvalue weighted by Crippen LogP contribution is 2.60. The summed E-state index contributed by atoms with van der Waals surface area (Å²) in [6, 6.07) is 0. The van der Waals surface area contributed by atoms with E-state index in [9.17, 15) is 4.79 Å². The molecule has 5 fully saturated rings. The molecule has 0 spiro atoms. The second-order valence-electron chi connectivity index (χ2n) is 8.80. The van der Waals surface area contributed by atoms with Crippen LogP contribution in [0.25, 0.3) is 0 Å². The number of amides is 1. The molecule has 118 valence electrons. The average Bonchev–Trinajstić information content (AvgIpc) is 2.46. The van der Waals surface area contributed by atoms with Crippen LogP contribution >= 0.6 is 0 Å². The van der Waals surface area contributed by atoms with E-state index in [2.05, 4.69) is 24.2 Å². The number of piperidine rings is 1. The number of carbonyl (C=O) groups excluding carboxylic acids is 1. The maximum Gasteiger partial charge on any atom is 0.228 e. The van der Waals surface area contributed by atoms with Gasteiger partial charge in [0.15, 0.2) is 0 Å². The van der Waals surface area contributed by atoms with Gasteiger partial charge in [0, 0.05) is 18.6 Å². The Morgan fingerprint density at radius 1 is 1.00 bits per heavy atom.